The summed E-state index contributed by atoms with van der Waals surface area (Å²) in [5, 5.41) is 2.65. The Morgan fingerprint density at radius 1 is 1.10 bits per heavy atom. The Kier molecular flexibility index (Phi) is 8.15. The summed E-state index contributed by atoms with van der Waals surface area (Å²) in [7, 11) is -3.80. The molecule has 0 fully saturated rings. The average molecular weight is 450 g/mol. The van der Waals surface area contributed by atoms with E-state index in [2.05, 4.69) is 5.32 Å². The SMILES string of the molecule is CCNC(=O)[C@@H](C)N(Cc1ccccc1F)C(=O)CN(c1ccccc1C)S(C)(=O)=O. The van der Waals surface area contributed by atoms with Crippen molar-refractivity contribution in [2.45, 2.75) is 33.4 Å². The van der Waals surface area contributed by atoms with Crippen LogP contribution in [0.5, 0.6) is 0 Å². The maximum Gasteiger partial charge on any atom is 0.244 e. The van der Waals surface area contributed by atoms with Crippen molar-refractivity contribution in [2.75, 3.05) is 23.7 Å². The fraction of sp³-hybridized carbons (Fsp3) is 0.364. The van der Waals surface area contributed by atoms with Gasteiger partial charge in [-0.05, 0) is 38.5 Å². The summed E-state index contributed by atoms with van der Waals surface area (Å²) >= 11 is 0. The Bertz CT molecular complexity index is 1040. The topological polar surface area (TPSA) is 86.8 Å². The molecule has 0 aliphatic rings. The molecular weight excluding hydrogens is 421 g/mol. The highest BCUT2D eigenvalue weighted by Gasteiger charge is 2.30. The van der Waals surface area contributed by atoms with Gasteiger partial charge in [-0.25, -0.2) is 12.8 Å². The zero-order valence-corrected chi connectivity index (χ0v) is 18.9. The molecule has 0 saturated heterocycles. The van der Waals surface area contributed by atoms with Gasteiger partial charge in [-0.2, -0.15) is 0 Å². The zero-order chi connectivity index (χ0) is 23.2. The van der Waals surface area contributed by atoms with Crippen molar-refractivity contribution in [2.24, 2.45) is 0 Å². The van der Waals surface area contributed by atoms with Crippen molar-refractivity contribution in [1.82, 2.24) is 10.2 Å². The maximum absolute atomic E-state index is 14.3. The molecule has 0 heterocycles. The first-order valence-corrected chi connectivity index (χ1v) is 11.7. The lowest BCUT2D eigenvalue weighted by Gasteiger charge is -2.31. The number of sulfonamides is 1. The third-order valence-corrected chi connectivity index (χ3v) is 6.01. The Hall–Kier alpha value is -2.94. The number of benzene rings is 2. The van der Waals surface area contributed by atoms with Gasteiger partial charge in [0.1, 0.15) is 18.4 Å². The largest absolute Gasteiger partial charge is 0.355 e. The summed E-state index contributed by atoms with van der Waals surface area (Å²) in [4.78, 5) is 26.9. The number of nitrogens with one attached hydrogen (secondary N) is 1. The number of likely N-dealkylation sites (N-methyl/N-ethyl adjacent to an activating group) is 1. The van der Waals surface area contributed by atoms with Crippen LogP contribution in [0.4, 0.5) is 10.1 Å². The highest BCUT2D eigenvalue weighted by Crippen LogP contribution is 2.23. The molecule has 2 amide bonds. The predicted octanol–water partition coefficient (Wildman–Crippen LogP) is 2.45. The van der Waals surface area contributed by atoms with E-state index in [9.17, 15) is 22.4 Å². The molecule has 1 atom stereocenters. The number of aryl methyl sites for hydroxylation is 1. The lowest BCUT2D eigenvalue weighted by Crippen LogP contribution is -2.51. The van der Waals surface area contributed by atoms with Crippen LogP contribution >= 0.6 is 0 Å². The van der Waals surface area contributed by atoms with E-state index in [4.69, 9.17) is 0 Å². The summed E-state index contributed by atoms with van der Waals surface area (Å²) in [5.74, 6) is -1.54. The van der Waals surface area contributed by atoms with Crippen molar-refractivity contribution in [3.8, 4) is 0 Å². The minimum absolute atomic E-state index is 0.171. The van der Waals surface area contributed by atoms with Gasteiger partial charge in [-0.1, -0.05) is 36.4 Å². The van der Waals surface area contributed by atoms with Crippen molar-refractivity contribution in [3.05, 3.63) is 65.5 Å². The van der Waals surface area contributed by atoms with Crippen LogP contribution in [0.25, 0.3) is 0 Å². The molecule has 2 aromatic rings. The van der Waals surface area contributed by atoms with Crippen molar-refractivity contribution >= 4 is 27.5 Å². The molecule has 0 aliphatic carbocycles. The fourth-order valence-electron chi connectivity index (χ4n) is 3.15. The van der Waals surface area contributed by atoms with E-state index in [0.717, 1.165) is 10.6 Å². The van der Waals surface area contributed by atoms with Crippen molar-refractivity contribution in [3.63, 3.8) is 0 Å². The number of para-hydroxylation sites is 1. The highest BCUT2D eigenvalue weighted by molar-refractivity contribution is 7.92. The van der Waals surface area contributed by atoms with Gasteiger partial charge in [0, 0.05) is 18.7 Å². The first-order valence-electron chi connectivity index (χ1n) is 9.90. The number of nitrogens with zero attached hydrogens (tertiary/aromatic N) is 2. The first kappa shape index (κ1) is 24.3. The maximum atomic E-state index is 14.3. The second kappa shape index (κ2) is 10.4. The number of hydrogen-bond donors (Lipinski definition) is 1. The quantitative estimate of drug-likeness (QED) is 0.637. The predicted molar refractivity (Wildman–Crippen MR) is 118 cm³/mol. The van der Waals surface area contributed by atoms with Crippen LogP contribution in [0.1, 0.15) is 25.0 Å². The summed E-state index contributed by atoms with van der Waals surface area (Å²) in [6.07, 6.45) is 1.02. The molecule has 9 heteroatoms. The second-order valence-electron chi connectivity index (χ2n) is 7.24. The number of halogens is 1. The molecule has 31 heavy (non-hydrogen) atoms. The fourth-order valence-corrected chi connectivity index (χ4v) is 4.06. The van der Waals surface area contributed by atoms with Gasteiger partial charge in [-0.15, -0.1) is 0 Å². The minimum atomic E-state index is -3.80. The molecule has 0 unspecified atom stereocenters. The van der Waals surface area contributed by atoms with E-state index in [1.165, 1.54) is 30.0 Å². The van der Waals surface area contributed by atoms with Crippen molar-refractivity contribution < 1.29 is 22.4 Å². The van der Waals surface area contributed by atoms with Crippen LogP contribution in [0, 0.1) is 12.7 Å². The van der Waals surface area contributed by atoms with E-state index in [1.807, 2.05) is 0 Å². The molecule has 0 saturated carbocycles. The van der Waals surface area contributed by atoms with E-state index in [1.54, 1.807) is 44.2 Å². The standard InChI is InChI=1S/C22H28FN3O4S/c1-5-24-22(28)17(3)25(14-18-11-7-8-12-19(18)23)21(27)15-26(31(4,29)30)20-13-9-6-10-16(20)2/h6-13,17H,5,14-15H2,1-4H3,(H,24,28)/t17-/m1/s1. The number of hydrogen-bond acceptors (Lipinski definition) is 4. The molecule has 168 valence electrons. The second-order valence-corrected chi connectivity index (χ2v) is 9.15. The van der Waals surface area contributed by atoms with Gasteiger partial charge < -0.3 is 10.2 Å². The van der Waals surface area contributed by atoms with E-state index in [-0.39, 0.29) is 12.1 Å². The smallest absolute Gasteiger partial charge is 0.244 e. The zero-order valence-electron chi connectivity index (χ0n) is 18.1. The van der Waals surface area contributed by atoms with Crippen molar-refractivity contribution in [1.29, 1.82) is 0 Å². The van der Waals surface area contributed by atoms with Crippen LogP contribution in [-0.4, -0.2) is 50.5 Å². The Morgan fingerprint density at radius 3 is 2.29 bits per heavy atom. The number of anilines is 1. The van der Waals surface area contributed by atoms with Crippen LogP contribution < -0.4 is 9.62 Å². The summed E-state index contributed by atoms with van der Waals surface area (Å²) in [5.41, 5.74) is 1.28. The summed E-state index contributed by atoms with van der Waals surface area (Å²) in [6, 6.07) is 11.8. The third-order valence-electron chi connectivity index (χ3n) is 4.88. The summed E-state index contributed by atoms with van der Waals surface area (Å²) < 4.78 is 40.2. The average Bonchev–Trinajstić information content (AvgIpc) is 2.71. The molecule has 0 aromatic heterocycles. The van der Waals surface area contributed by atoms with E-state index >= 15 is 0 Å². The van der Waals surface area contributed by atoms with Gasteiger partial charge in [-0.3, -0.25) is 13.9 Å². The number of carbonyl (C=O) groups is 2. The van der Waals surface area contributed by atoms with E-state index in [0.29, 0.717) is 17.8 Å². The normalized spacial score (nSPS) is 12.2. The van der Waals surface area contributed by atoms with Gasteiger partial charge in [0.15, 0.2) is 0 Å². The first-order chi connectivity index (χ1) is 14.6. The monoisotopic (exact) mass is 449 g/mol. The summed E-state index contributed by atoms with van der Waals surface area (Å²) in [6.45, 7) is 4.70. The lowest BCUT2D eigenvalue weighted by atomic mass is 10.1. The van der Waals surface area contributed by atoms with Crippen LogP contribution in [0.3, 0.4) is 0 Å². The van der Waals surface area contributed by atoms with Gasteiger partial charge in [0.25, 0.3) is 0 Å². The number of carbonyl (C=O) groups excluding carboxylic acids is 2. The van der Waals surface area contributed by atoms with Gasteiger partial charge in [0.2, 0.25) is 21.8 Å². The van der Waals surface area contributed by atoms with Crippen LogP contribution in [-0.2, 0) is 26.2 Å². The van der Waals surface area contributed by atoms with E-state index < -0.39 is 40.2 Å². The number of rotatable bonds is 9. The van der Waals surface area contributed by atoms with Gasteiger partial charge >= 0.3 is 0 Å². The molecule has 0 bridgehead atoms. The van der Waals surface area contributed by atoms with Crippen LogP contribution in [0.2, 0.25) is 0 Å². The highest BCUT2D eigenvalue weighted by atomic mass is 32.2. The molecule has 7 nitrogen and oxygen atoms in total. The Labute approximate surface area is 182 Å². The lowest BCUT2D eigenvalue weighted by molar-refractivity contribution is -0.139. The Morgan fingerprint density at radius 2 is 1.71 bits per heavy atom. The molecular formula is C22H28FN3O4S. The molecule has 2 rings (SSSR count). The molecule has 2 aromatic carbocycles. The number of amides is 2. The van der Waals surface area contributed by atoms with Gasteiger partial charge in [0.05, 0.1) is 11.9 Å². The molecule has 1 N–H and O–H groups in total. The Balaban J connectivity index is 2.41. The molecule has 0 aliphatic heterocycles. The van der Waals surface area contributed by atoms with Crippen LogP contribution in [0.15, 0.2) is 48.5 Å². The third kappa shape index (κ3) is 6.27. The minimum Gasteiger partial charge on any atom is -0.355 e. The molecule has 0 spiro atoms. The molecule has 0 radical (unpaired) electrons.